The molecule has 0 bridgehead atoms. The van der Waals surface area contributed by atoms with Crippen molar-refractivity contribution in [2.24, 2.45) is 0 Å². The maximum absolute atomic E-state index is 12.4. The highest BCUT2D eigenvalue weighted by atomic mass is 35.5. The molecule has 26 heavy (non-hydrogen) atoms. The van der Waals surface area contributed by atoms with Crippen LogP contribution in [0.4, 0.5) is 0 Å². The molecular weight excluding hydrogens is 379 g/mol. The number of carbonyl (C=O) groups is 2. The van der Waals surface area contributed by atoms with Gasteiger partial charge in [0, 0.05) is 54.5 Å². The van der Waals surface area contributed by atoms with Crippen molar-refractivity contribution in [3.8, 4) is 0 Å². The molecule has 0 unspecified atom stereocenters. The van der Waals surface area contributed by atoms with E-state index < -0.39 is 5.97 Å². The Labute approximate surface area is 160 Å². The number of carboxylic acid groups (broad SMARTS) is 1. The van der Waals surface area contributed by atoms with Gasteiger partial charge in [-0.15, -0.1) is 0 Å². The van der Waals surface area contributed by atoms with Crippen molar-refractivity contribution in [1.29, 1.82) is 0 Å². The number of amides is 1. The van der Waals surface area contributed by atoms with Crippen LogP contribution in [0.1, 0.15) is 16.1 Å². The SMILES string of the molecule is O=C(O)c1ccn(CC(=O)N2CCN(Cc3c(Cl)cccc3Cl)CC2)n1. The molecule has 0 aliphatic carbocycles. The molecular formula is C17H18Cl2N4O3. The van der Waals surface area contributed by atoms with Crippen LogP contribution in [0.3, 0.4) is 0 Å². The summed E-state index contributed by atoms with van der Waals surface area (Å²) in [6, 6.07) is 6.83. The van der Waals surface area contributed by atoms with Crippen molar-refractivity contribution in [3.63, 3.8) is 0 Å². The van der Waals surface area contributed by atoms with E-state index in [1.807, 2.05) is 18.2 Å². The minimum Gasteiger partial charge on any atom is -0.476 e. The molecule has 0 spiro atoms. The lowest BCUT2D eigenvalue weighted by Gasteiger charge is -2.35. The molecule has 0 saturated carbocycles. The molecule has 1 aromatic heterocycles. The highest BCUT2D eigenvalue weighted by Gasteiger charge is 2.22. The highest BCUT2D eigenvalue weighted by molar-refractivity contribution is 6.35. The van der Waals surface area contributed by atoms with Gasteiger partial charge in [0.1, 0.15) is 6.54 Å². The van der Waals surface area contributed by atoms with Crippen LogP contribution in [0.25, 0.3) is 0 Å². The Kier molecular flexibility index (Phi) is 5.80. The van der Waals surface area contributed by atoms with Crippen LogP contribution >= 0.6 is 23.2 Å². The zero-order chi connectivity index (χ0) is 18.7. The Morgan fingerprint density at radius 1 is 1.08 bits per heavy atom. The number of carbonyl (C=O) groups excluding carboxylic acids is 1. The summed E-state index contributed by atoms with van der Waals surface area (Å²) in [4.78, 5) is 27.2. The normalized spacial score (nSPS) is 15.2. The van der Waals surface area contributed by atoms with Crippen molar-refractivity contribution in [3.05, 3.63) is 51.8 Å². The van der Waals surface area contributed by atoms with E-state index in [0.29, 0.717) is 42.8 Å². The number of benzene rings is 1. The van der Waals surface area contributed by atoms with Gasteiger partial charge in [0.15, 0.2) is 5.69 Å². The molecule has 0 radical (unpaired) electrons. The lowest BCUT2D eigenvalue weighted by atomic mass is 10.2. The van der Waals surface area contributed by atoms with Crippen molar-refractivity contribution in [1.82, 2.24) is 19.6 Å². The fourth-order valence-electron chi connectivity index (χ4n) is 2.86. The number of aromatic carboxylic acids is 1. The predicted molar refractivity (Wildman–Crippen MR) is 97.5 cm³/mol. The van der Waals surface area contributed by atoms with Crippen LogP contribution in [0, 0.1) is 0 Å². The quantitative estimate of drug-likeness (QED) is 0.837. The van der Waals surface area contributed by atoms with Crippen LogP contribution in [0.15, 0.2) is 30.5 Å². The molecule has 2 aromatic rings. The monoisotopic (exact) mass is 396 g/mol. The summed E-state index contributed by atoms with van der Waals surface area (Å²) in [5, 5.41) is 14.0. The minimum atomic E-state index is -1.11. The van der Waals surface area contributed by atoms with Gasteiger partial charge >= 0.3 is 5.97 Å². The summed E-state index contributed by atoms with van der Waals surface area (Å²) in [6.45, 7) is 3.28. The van der Waals surface area contributed by atoms with Gasteiger partial charge in [-0.1, -0.05) is 29.3 Å². The minimum absolute atomic E-state index is 0.0314. The number of rotatable bonds is 5. The zero-order valence-corrected chi connectivity index (χ0v) is 15.4. The molecule has 1 fully saturated rings. The molecule has 1 aromatic carbocycles. The third-order valence-corrected chi connectivity index (χ3v) is 5.03. The second-order valence-electron chi connectivity index (χ2n) is 6.06. The molecule has 0 atom stereocenters. The van der Waals surface area contributed by atoms with E-state index in [2.05, 4.69) is 10.00 Å². The van der Waals surface area contributed by atoms with E-state index in [-0.39, 0.29) is 18.1 Å². The van der Waals surface area contributed by atoms with Gasteiger partial charge in [-0.25, -0.2) is 4.79 Å². The standard InChI is InChI=1S/C17H18Cl2N4O3/c18-13-2-1-3-14(19)12(13)10-21-6-8-22(9-7-21)16(24)11-23-5-4-15(20-23)17(25)26/h1-5H,6-11H2,(H,25,26). The Bertz CT molecular complexity index is 796. The largest absolute Gasteiger partial charge is 0.476 e. The molecule has 1 N–H and O–H groups in total. The van der Waals surface area contributed by atoms with E-state index in [4.69, 9.17) is 28.3 Å². The Hall–Kier alpha value is -2.09. The number of hydrogen-bond acceptors (Lipinski definition) is 4. The van der Waals surface area contributed by atoms with Crippen LogP contribution < -0.4 is 0 Å². The molecule has 7 nitrogen and oxygen atoms in total. The summed E-state index contributed by atoms with van der Waals surface area (Å²) < 4.78 is 1.35. The molecule has 3 rings (SSSR count). The third kappa shape index (κ3) is 4.35. The fourth-order valence-corrected chi connectivity index (χ4v) is 3.38. The maximum Gasteiger partial charge on any atom is 0.356 e. The van der Waals surface area contributed by atoms with Gasteiger partial charge in [0.05, 0.1) is 0 Å². The Morgan fingerprint density at radius 3 is 2.31 bits per heavy atom. The van der Waals surface area contributed by atoms with E-state index >= 15 is 0 Å². The number of carboxylic acids is 1. The summed E-state index contributed by atoms with van der Waals surface area (Å²) in [7, 11) is 0. The predicted octanol–water partition coefficient (Wildman–Crippen LogP) is 2.23. The molecule has 1 amide bonds. The molecule has 2 heterocycles. The average molecular weight is 397 g/mol. The first-order chi connectivity index (χ1) is 12.4. The number of aromatic nitrogens is 2. The van der Waals surface area contributed by atoms with Crippen LogP contribution in [0.2, 0.25) is 10.0 Å². The average Bonchev–Trinajstić information content (AvgIpc) is 3.07. The van der Waals surface area contributed by atoms with E-state index in [1.165, 1.54) is 16.9 Å². The molecule has 138 valence electrons. The van der Waals surface area contributed by atoms with Gasteiger partial charge < -0.3 is 10.0 Å². The van der Waals surface area contributed by atoms with E-state index in [0.717, 1.165) is 5.56 Å². The lowest BCUT2D eigenvalue weighted by Crippen LogP contribution is -2.49. The first-order valence-electron chi connectivity index (χ1n) is 8.14. The van der Waals surface area contributed by atoms with Gasteiger partial charge in [-0.2, -0.15) is 5.10 Å². The third-order valence-electron chi connectivity index (χ3n) is 4.33. The van der Waals surface area contributed by atoms with Gasteiger partial charge in [0.25, 0.3) is 0 Å². The molecule has 9 heteroatoms. The Morgan fingerprint density at radius 2 is 1.73 bits per heavy atom. The summed E-state index contributed by atoms with van der Waals surface area (Å²) in [5.74, 6) is -1.19. The first kappa shape index (κ1) is 18.7. The highest BCUT2D eigenvalue weighted by Crippen LogP contribution is 2.26. The van der Waals surface area contributed by atoms with Crippen molar-refractivity contribution < 1.29 is 14.7 Å². The number of nitrogens with zero attached hydrogens (tertiary/aromatic N) is 4. The molecule has 1 aliphatic rings. The van der Waals surface area contributed by atoms with Gasteiger partial charge in [-0.3, -0.25) is 14.4 Å². The maximum atomic E-state index is 12.4. The van der Waals surface area contributed by atoms with E-state index in [1.54, 1.807) is 4.90 Å². The summed E-state index contributed by atoms with van der Waals surface area (Å²) >= 11 is 12.4. The fraction of sp³-hybridized carbons (Fsp3) is 0.353. The lowest BCUT2D eigenvalue weighted by molar-refractivity contribution is -0.133. The Balaban J connectivity index is 1.53. The van der Waals surface area contributed by atoms with Crippen molar-refractivity contribution >= 4 is 35.1 Å². The van der Waals surface area contributed by atoms with Crippen molar-refractivity contribution in [2.75, 3.05) is 26.2 Å². The second kappa shape index (κ2) is 8.07. The topological polar surface area (TPSA) is 78.7 Å². The van der Waals surface area contributed by atoms with Gasteiger partial charge in [0.2, 0.25) is 5.91 Å². The first-order valence-corrected chi connectivity index (χ1v) is 8.89. The van der Waals surface area contributed by atoms with Crippen molar-refractivity contribution in [2.45, 2.75) is 13.1 Å². The van der Waals surface area contributed by atoms with Crippen LogP contribution in [0.5, 0.6) is 0 Å². The van der Waals surface area contributed by atoms with Crippen LogP contribution in [-0.2, 0) is 17.9 Å². The summed E-state index contributed by atoms with van der Waals surface area (Å²) in [5.41, 5.74) is 0.826. The molecule has 1 saturated heterocycles. The van der Waals surface area contributed by atoms with Gasteiger partial charge in [-0.05, 0) is 18.2 Å². The second-order valence-corrected chi connectivity index (χ2v) is 6.88. The number of piperazine rings is 1. The number of halogens is 2. The number of hydrogen-bond donors (Lipinski definition) is 1. The van der Waals surface area contributed by atoms with E-state index in [9.17, 15) is 9.59 Å². The summed E-state index contributed by atoms with van der Waals surface area (Å²) in [6.07, 6.45) is 1.50. The van der Waals surface area contributed by atoms with Crippen LogP contribution in [-0.4, -0.2) is 62.7 Å². The molecule has 1 aliphatic heterocycles. The zero-order valence-electron chi connectivity index (χ0n) is 13.9. The smallest absolute Gasteiger partial charge is 0.356 e.